The number of nitrogens with one attached hydrogen (secondary N) is 1. The van der Waals surface area contributed by atoms with E-state index in [0.29, 0.717) is 25.3 Å². The van der Waals surface area contributed by atoms with Crippen LogP contribution in [0.15, 0.2) is 48.5 Å². The molecule has 0 aliphatic carbocycles. The van der Waals surface area contributed by atoms with E-state index >= 15 is 0 Å². The maximum atomic E-state index is 12.1. The van der Waals surface area contributed by atoms with Gasteiger partial charge in [0.05, 0.1) is 7.11 Å². The maximum Gasteiger partial charge on any atom is 0.220 e. The van der Waals surface area contributed by atoms with Crippen LogP contribution < -0.4 is 15.8 Å². The van der Waals surface area contributed by atoms with Gasteiger partial charge in [0.25, 0.3) is 0 Å². The van der Waals surface area contributed by atoms with Crippen molar-refractivity contribution in [2.45, 2.75) is 38.6 Å². The van der Waals surface area contributed by atoms with Gasteiger partial charge in [-0.2, -0.15) is 0 Å². The van der Waals surface area contributed by atoms with Crippen molar-refractivity contribution < 1.29 is 9.53 Å². The van der Waals surface area contributed by atoms with E-state index in [1.165, 1.54) is 5.56 Å². The van der Waals surface area contributed by atoms with Gasteiger partial charge in [-0.25, -0.2) is 0 Å². The van der Waals surface area contributed by atoms with Crippen LogP contribution in [0.4, 0.5) is 0 Å². The normalized spacial score (nSPS) is 12.0. The number of para-hydroxylation sites is 1. The van der Waals surface area contributed by atoms with E-state index < -0.39 is 0 Å². The van der Waals surface area contributed by atoms with E-state index in [4.69, 9.17) is 10.5 Å². The Bertz CT molecular complexity index is 681. The first-order valence-corrected chi connectivity index (χ1v) is 8.75. The number of rotatable bonds is 8. The molecule has 0 spiro atoms. The highest BCUT2D eigenvalue weighted by Gasteiger charge is 2.10. The fourth-order valence-electron chi connectivity index (χ4n) is 2.72. The van der Waals surface area contributed by atoms with Gasteiger partial charge in [0.15, 0.2) is 0 Å². The Morgan fingerprint density at radius 2 is 1.72 bits per heavy atom. The summed E-state index contributed by atoms with van der Waals surface area (Å²) in [7, 11) is 1.64. The molecule has 1 amide bonds. The van der Waals surface area contributed by atoms with Crippen molar-refractivity contribution >= 4 is 5.91 Å². The lowest BCUT2D eigenvalue weighted by molar-refractivity contribution is -0.121. The first-order chi connectivity index (χ1) is 12.0. The van der Waals surface area contributed by atoms with Gasteiger partial charge in [-0.15, -0.1) is 0 Å². The van der Waals surface area contributed by atoms with Crippen molar-refractivity contribution in [1.29, 1.82) is 0 Å². The number of ether oxygens (including phenoxy) is 1. The van der Waals surface area contributed by atoms with Gasteiger partial charge in [0, 0.05) is 19.0 Å². The number of nitrogens with two attached hydrogens (primary N) is 1. The number of hydrogen-bond acceptors (Lipinski definition) is 3. The molecule has 0 saturated heterocycles. The smallest absolute Gasteiger partial charge is 0.220 e. The topological polar surface area (TPSA) is 64.3 Å². The Balaban J connectivity index is 1.81. The molecule has 0 bridgehead atoms. The van der Waals surface area contributed by atoms with Crippen LogP contribution in [0.5, 0.6) is 5.75 Å². The lowest BCUT2D eigenvalue weighted by Gasteiger charge is -2.15. The molecule has 1 atom stereocenters. The van der Waals surface area contributed by atoms with Crippen LogP contribution in [0.25, 0.3) is 0 Å². The minimum Gasteiger partial charge on any atom is -0.496 e. The van der Waals surface area contributed by atoms with Crippen LogP contribution in [0.3, 0.4) is 0 Å². The van der Waals surface area contributed by atoms with Crippen molar-refractivity contribution in [2.75, 3.05) is 13.7 Å². The largest absolute Gasteiger partial charge is 0.496 e. The highest BCUT2D eigenvalue weighted by atomic mass is 16.5. The summed E-state index contributed by atoms with van der Waals surface area (Å²) in [6.07, 6.45) is 1.06. The molecule has 25 heavy (non-hydrogen) atoms. The maximum absolute atomic E-state index is 12.1. The second-order valence-electron chi connectivity index (χ2n) is 6.54. The molecule has 1 unspecified atom stereocenters. The molecule has 4 heteroatoms. The Morgan fingerprint density at radius 1 is 1.08 bits per heavy atom. The fourth-order valence-corrected chi connectivity index (χ4v) is 2.72. The molecule has 0 fully saturated rings. The van der Waals surface area contributed by atoms with Gasteiger partial charge in [-0.05, 0) is 35.1 Å². The average molecular weight is 340 g/mol. The zero-order valence-electron chi connectivity index (χ0n) is 15.3. The molecule has 0 aliphatic rings. The van der Waals surface area contributed by atoms with Gasteiger partial charge in [-0.1, -0.05) is 56.3 Å². The van der Waals surface area contributed by atoms with Crippen molar-refractivity contribution in [2.24, 2.45) is 5.73 Å². The second-order valence-corrected chi connectivity index (χ2v) is 6.54. The SMILES string of the molecule is COc1ccccc1CCC(=O)NCC(N)c1ccc(C(C)C)cc1. The summed E-state index contributed by atoms with van der Waals surface area (Å²) in [5.74, 6) is 1.32. The fraction of sp³-hybridized carbons (Fsp3) is 0.381. The van der Waals surface area contributed by atoms with E-state index in [0.717, 1.165) is 16.9 Å². The number of carbonyl (C=O) groups is 1. The van der Waals surface area contributed by atoms with Gasteiger partial charge >= 0.3 is 0 Å². The third-order valence-corrected chi connectivity index (χ3v) is 4.36. The van der Waals surface area contributed by atoms with Gasteiger partial charge in [0.2, 0.25) is 5.91 Å². The number of hydrogen-bond donors (Lipinski definition) is 2. The first kappa shape index (κ1) is 19.0. The molecule has 2 rings (SSSR count). The quantitative estimate of drug-likeness (QED) is 0.772. The molecular weight excluding hydrogens is 312 g/mol. The molecule has 0 radical (unpaired) electrons. The average Bonchev–Trinajstić information content (AvgIpc) is 2.64. The van der Waals surface area contributed by atoms with E-state index in [1.54, 1.807) is 7.11 Å². The highest BCUT2D eigenvalue weighted by Crippen LogP contribution is 2.19. The lowest BCUT2D eigenvalue weighted by Crippen LogP contribution is -2.32. The van der Waals surface area contributed by atoms with E-state index in [2.05, 4.69) is 31.3 Å². The summed E-state index contributed by atoms with van der Waals surface area (Å²) >= 11 is 0. The zero-order valence-corrected chi connectivity index (χ0v) is 15.3. The van der Waals surface area contributed by atoms with Crippen molar-refractivity contribution in [1.82, 2.24) is 5.32 Å². The number of aryl methyl sites for hydroxylation is 1. The summed E-state index contributed by atoms with van der Waals surface area (Å²) in [6, 6.07) is 15.8. The summed E-state index contributed by atoms with van der Waals surface area (Å²) in [5, 5.41) is 2.92. The van der Waals surface area contributed by atoms with Crippen molar-refractivity contribution in [3.63, 3.8) is 0 Å². The summed E-state index contributed by atoms with van der Waals surface area (Å²) in [5.41, 5.74) is 9.55. The Hall–Kier alpha value is -2.33. The van der Waals surface area contributed by atoms with E-state index in [-0.39, 0.29) is 11.9 Å². The highest BCUT2D eigenvalue weighted by molar-refractivity contribution is 5.76. The molecule has 0 heterocycles. The van der Waals surface area contributed by atoms with Crippen LogP contribution in [0.1, 0.15) is 48.9 Å². The number of amides is 1. The first-order valence-electron chi connectivity index (χ1n) is 8.75. The van der Waals surface area contributed by atoms with Crippen LogP contribution >= 0.6 is 0 Å². The van der Waals surface area contributed by atoms with Crippen LogP contribution in [-0.2, 0) is 11.2 Å². The monoisotopic (exact) mass is 340 g/mol. The van der Waals surface area contributed by atoms with Crippen LogP contribution in [-0.4, -0.2) is 19.6 Å². The molecule has 134 valence electrons. The third kappa shape index (κ3) is 5.61. The molecule has 0 aliphatic heterocycles. The number of carbonyl (C=O) groups excluding carboxylic acids is 1. The third-order valence-electron chi connectivity index (χ3n) is 4.36. The lowest BCUT2D eigenvalue weighted by atomic mass is 9.99. The van der Waals surface area contributed by atoms with Gasteiger partial charge < -0.3 is 15.8 Å². The summed E-state index contributed by atoms with van der Waals surface area (Å²) in [4.78, 5) is 12.1. The molecule has 4 nitrogen and oxygen atoms in total. The molecule has 0 aromatic heterocycles. The Labute approximate surface area is 150 Å². The Kier molecular flexibility index (Phi) is 7.02. The van der Waals surface area contributed by atoms with Gasteiger partial charge in [0.1, 0.15) is 5.75 Å². The molecule has 2 aromatic rings. The predicted molar refractivity (Wildman–Crippen MR) is 102 cm³/mol. The predicted octanol–water partition coefficient (Wildman–Crippen LogP) is 3.57. The molecule has 2 aromatic carbocycles. The van der Waals surface area contributed by atoms with E-state index in [9.17, 15) is 4.79 Å². The zero-order chi connectivity index (χ0) is 18.2. The molecule has 0 saturated carbocycles. The molecular formula is C21H28N2O2. The van der Waals surface area contributed by atoms with Gasteiger partial charge in [-0.3, -0.25) is 4.79 Å². The van der Waals surface area contributed by atoms with E-state index in [1.807, 2.05) is 36.4 Å². The minimum atomic E-state index is -0.198. The van der Waals surface area contributed by atoms with Crippen LogP contribution in [0, 0.1) is 0 Å². The summed E-state index contributed by atoms with van der Waals surface area (Å²) in [6.45, 7) is 4.76. The second kappa shape index (κ2) is 9.23. The Morgan fingerprint density at radius 3 is 2.36 bits per heavy atom. The molecule has 3 N–H and O–H groups in total. The standard InChI is InChI=1S/C21H28N2O2/c1-15(2)16-8-10-17(11-9-16)19(22)14-23-21(24)13-12-18-6-4-5-7-20(18)25-3/h4-11,15,19H,12-14,22H2,1-3H3,(H,23,24). The van der Waals surface area contributed by atoms with Crippen molar-refractivity contribution in [3.05, 3.63) is 65.2 Å². The van der Waals surface area contributed by atoms with Crippen molar-refractivity contribution in [3.8, 4) is 5.75 Å². The van der Waals surface area contributed by atoms with Crippen LogP contribution in [0.2, 0.25) is 0 Å². The number of methoxy groups -OCH3 is 1. The minimum absolute atomic E-state index is 0.000145. The number of benzene rings is 2. The summed E-state index contributed by atoms with van der Waals surface area (Å²) < 4.78 is 5.31.